The van der Waals surface area contributed by atoms with Crippen LogP contribution in [0.3, 0.4) is 0 Å². The van der Waals surface area contributed by atoms with Gasteiger partial charge in [-0.3, -0.25) is 4.79 Å². The summed E-state index contributed by atoms with van der Waals surface area (Å²) in [6.45, 7) is 8.70. The second kappa shape index (κ2) is 6.70. The molecule has 7 nitrogen and oxygen atoms in total. The number of carbonyl (C=O) groups excluding carboxylic acids is 1. The number of likely N-dealkylation sites (tertiary alicyclic amines) is 1. The normalized spacial score (nSPS) is 17.5. The lowest BCUT2D eigenvalue weighted by atomic mass is 10.3. The van der Waals surface area contributed by atoms with E-state index in [9.17, 15) is 4.79 Å². The third kappa shape index (κ3) is 3.92. The molecule has 0 aromatic rings. The number of hydrogen-bond acceptors (Lipinski definition) is 4. The molecular formula is C10H17N5O2. The van der Waals surface area contributed by atoms with Crippen LogP contribution in [-0.4, -0.2) is 49.6 Å². The first kappa shape index (κ1) is 13.3. The first-order valence-electron chi connectivity index (χ1n) is 5.45. The average molecular weight is 239 g/mol. The van der Waals surface area contributed by atoms with Gasteiger partial charge in [0.25, 0.3) is 5.96 Å². The summed E-state index contributed by atoms with van der Waals surface area (Å²) in [7, 11) is 1.29. The van der Waals surface area contributed by atoms with Crippen LogP contribution in [0.5, 0.6) is 0 Å². The predicted molar refractivity (Wildman–Crippen MR) is 62.8 cm³/mol. The molecule has 7 heteroatoms. The summed E-state index contributed by atoms with van der Waals surface area (Å²) in [5, 5.41) is 6.59. The van der Waals surface area contributed by atoms with Gasteiger partial charge in [0.05, 0.1) is 7.11 Å². The lowest BCUT2D eigenvalue weighted by Crippen LogP contribution is -2.47. The van der Waals surface area contributed by atoms with Crippen molar-refractivity contribution in [2.75, 3.05) is 26.7 Å². The van der Waals surface area contributed by atoms with Gasteiger partial charge in [-0.25, -0.2) is 0 Å². The van der Waals surface area contributed by atoms with Crippen molar-refractivity contribution in [3.8, 4) is 0 Å². The zero-order chi connectivity index (χ0) is 12.7. The van der Waals surface area contributed by atoms with E-state index in [0.717, 1.165) is 25.9 Å². The molecular weight excluding hydrogens is 222 g/mol. The van der Waals surface area contributed by atoms with Gasteiger partial charge < -0.3 is 20.7 Å². The maximum Gasteiger partial charge on any atom is 0.324 e. The van der Waals surface area contributed by atoms with Gasteiger partial charge in [-0.15, -0.1) is 4.95 Å². The molecule has 0 aliphatic carbocycles. The number of hydrogen-bond donors (Lipinski definition) is 2. The maximum absolute atomic E-state index is 11.1. The summed E-state index contributed by atoms with van der Waals surface area (Å²) in [6, 6.07) is -0.751. The molecule has 0 radical (unpaired) electrons. The Hall–Kier alpha value is -1.81. The van der Waals surface area contributed by atoms with Crippen molar-refractivity contribution in [1.29, 1.82) is 0 Å². The number of guanidine groups is 1. The number of nitrogens with zero attached hydrogens (tertiary/aromatic N) is 3. The van der Waals surface area contributed by atoms with E-state index in [1.165, 1.54) is 7.11 Å². The van der Waals surface area contributed by atoms with Gasteiger partial charge in [-0.1, -0.05) is 0 Å². The summed E-state index contributed by atoms with van der Waals surface area (Å²) in [4.78, 5) is 16.1. The summed E-state index contributed by atoms with van der Waals surface area (Å²) in [6.07, 6.45) is 2.17. The van der Waals surface area contributed by atoms with Crippen molar-refractivity contribution < 1.29 is 9.53 Å². The standard InChI is InChI=1S/C10H17N5O2/c1-12-14-10(15-5-3-4-6-15)13-7-8(11)9(16)17-2/h8H,3-7,11H2,2H3,(H,13,14)/t8-/m0/s1. The second-order valence-corrected chi connectivity index (χ2v) is 3.73. The quantitative estimate of drug-likeness (QED) is 0.225. The second-order valence-electron chi connectivity index (χ2n) is 3.73. The summed E-state index contributed by atoms with van der Waals surface area (Å²) in [5.41, 5.74) is 5.58. The Labute approximate surface area is 100 Å². The van der Waals surface area contributed by atoms with E-state index in [2.05, 4.69) is 20.1 Å². The molecule has 0 aromatic heterocycles. The van der Waals surface area contributed by atoms with Crippen molar-refractivity contribution in [3.05, 3.63) is 11.5 Å². The molecule has 0 amide bonds. The first-order chi connectivity index (χ1) is 8.19. The summed E-state index contributed by atoms with van der Waals surface area (Å²) < 4.78 is 4.51. The van der Waals surface area contributed by atoms with Crippen LogP contribution in [0.2, 0.25) is 0 Å². The van der Waals surface area contributed by atoms with Gasteiger partial charge in [0.15, 0.2) is 0 Å². The highest BCUT2D eigenvalue weighted by molar-refractivity contribution is 5.82. The molecule has 0 unspecified atom stereocenters. The summed E-state index contributed by atoms with van der Waals surface area (Å²) in [5.74, 6) is -0.00191. The van der Waals surface area contributed by atoms with E-state index in [0.29, 0.717) is 5.96 Å². The van der Waals surface area contributed by atoms with E-state index in [1.807, 2.05) is 4.90 Å². The third-order valence-corrected chi connectivity index (χ3v) is 2.53. The van der Waals surface area contributed by atoms with Crippen LogP contribution in [-0.2, 0) is 9.53 Å². The van der Waals surface area contributed by atoms with Crippen LogP contribution in [0.25, 0.3) is 4.95 Å². The van der Waals surface area contributed by atoms with E-state index in [-0.39, 0.29) is 6.54 Å². The van der Waals surface area contributed by atoms with Gasteiger partial charge in [0, 0.05) is 19.6 Å². The Morgan fingerprint density at radius 2 is 2.29 bits per heavy atom. The average Bonchev–Trinajstić information content (AvgIpc) is 2.86. The van der Waals surface area contributed by atoms with E-state index >= 15 is 0 Å². The highest BCUT2D eigenvalue weighted by atomic mass is 16.5. The van der Waals surface area contributed by atoms with Crippen LogP contribution in [0.4, 0.5) is 0 Å². The Morgan fingerprint density at radius 1 is 1.65 bits per heavy atom. The molecule has 0 bridgehead atoms. The lowest BCUT2D eigenvalue weighted by Gasteiger charge is -2.19. The topological polar surface area (TPSA) is 84.3 Å². The molecule has 1 rings (SSSR count). The molecule has 1 atom stereocenters. The highest BCUT2D eigenvalue weighted by Crippen LogP contribution is 2.07. The number of esters is 1. The van der Waals surface area contributed by atoms with Gasteiger partial charge in [-0.05, 0) is 12.8 Å². The van der Waals surface area contributed by atoms with Gasteiger partial charge >= 0.3 is 5.97 Å². The number of ether oxygens (including phenoxy) is 1. The van der Waals surface area contributed by atoms with Gasteiger partial charge in [-0.2, -0.15) is 6.57 Å². The minimum Gasteiger partial charge on any atom is -0.468 e. The molecule has 1 heterocycles. The molecule has 94 valence electrons. The van der Waals surface area contributed by atoms with Crippen LogP contribution >= 0.6 is 0 Å². The van der Waals surface area contributed by atoms with E-state index in [1.54, 1.807) is 0 Å². The first-order valence-corrected chi connectivity index (χ1v) is 5.45. The zero-order valence-corrected chi connectivity index (χ0v) is 9.85. The molecule has 1 aliphatic rings. The predicted octanol–water partition coefficient (Wildman–Crippen LogP) is -0.638. The fraction of sp³-hybridized carbons (Fsp3) is 0.700. The van der Waals surface area contributed by atoms with Crippen LogP contribution in [0.15, 0.2) is 5.10 Å². The fourth-order valence-electron chi connectivity index (χ4n) is 1.62. The van der Waals surface area contributed by atoms with Crippen LogP contribution in [0.1, 0.15) is 12.8 Å². The number of nitrogens with one attached hydrogen (secondary N) is 1. The van der Waals surface area contributed by atoms with E-state index in [4.69, 9.17) is 12.3 Å². The zero-order valence-electron chi connectivity index (χ0n) is 9.85. The smallest absolute Gasteiger partial charge is 0.324 e. The maximum atomic E-state index is 11.1. The number of nitrogens with two attached hydrogens (primary N) is 1. The fourth-order valence-corrected chi connectivity index (χ4v) is 1.62. The highest BCUT2D eigenvalue weighted by Gasteiger charge is 2.20. The lowest BCUT2D eigenvalue weighted by molar-refractivity contribution is -0.141. The minimum atomic E-state index is -0.751. The van der Waals surface area contributed by atoms with Crippen molar-refractivity contribution in [2.45, 2.75) is 18.9 Å². The Kier molecular flexibility index (Phi) is 5.23. The molecule has 1 aliphatic heterocycles. The molecule has 0 saturated carbocycles. The number of methoxy groups -OCH3 is 1. The third-order valence-electron chi connectivity index (χ3n) is 2.53. The van der Waals surface area contributed by atoms with Crippen molar-refractivity contribution in [2.24, 2.45) is 10.8 Å². The monoisotopic (exact) mass is 239 g/mol. The van der Waals surface area contributed by atoms with E-state index < -0.39 is 12.0 Å². The summed E-state index contributed by atoms with van der Waals surface area (Å²) >= 11 is 0. The largest absolute Gasteiger partial charge is 0.468 e. The number of rotatable bonds is 3. The Morgan fingerprint density at radius 3 is 2.82 bits per heavy atom. The van der Waals surface area contributed by atoms with Crippen LogP contribution in [0, 0.1) is 6.57 Å². The minimum absolute atomic E-state index is 0.206. The molecule has 0 aromatic carbocycles. The van der Waals surface area contributed by atoms with Crippen molar-refractivity contribution in [3.63, 3.8) is 0 Å². The molecule has 17 heavy (non-hydrogen) atoms. The number of carbonyl (C=O) groups is 1. The van der Waals surface area contributed by atoms with Gasteiger partial charge in [0.1, 0.15) is 11.1 Å². The SMILES string of the molecule is [C-]#[N+]/N=C(\NC[C@H](N)C(=O)OC)N1CCCC1. The Bertz CT molecular complexity index is 330. The Balaban J connectivity index is 2.48. The van der Waals surface area contributed by atoms with Crippen LogP contribution < -0.4 is 11.1 Å². The molecule has 3 N–H and O–H groups in total. The molecule has 1 fully saturated rings. The molecule has 1 saturated heterocycles. The van der Waals surface area contributed by atoms with Crippen molar-refractivity contribution >= 4 is 11.9 Å². The molecule has 0 spiro atoms. The van der Waals surface area contributed by atoms with Crippen molar-refractivity contribution in [1.82, 2.24) is 10.2 Å². The van der Waals surface area contributed by atoms with Gasteiger partial charge in [0.2, 0.25) is 0 Å².